The zero-order valence-electron chi connectivity index (χ0n) is 14.0. The van der Waals surface area contributed by atoms with Crippen LogP contribution in [0, 0.1) is 0 Å². The number of amides is 1. The van der Waals surface area contributed by atoms with E-state index in [1.54, 1.807) is 7.11 Å². The Morgan fingerprint density at radius 1 is 1.24 bits per heavy atom. The van der Waals surface area contributed by atoms with Gasteiger partial charge in [0.25, 0.3) is 5.91 Å². The van der Waals surface area contributed by atoms with E-state index in [2.05, 4.69) is 27.9 Å². The Morgan fingerprint density at radius 2 is 2.00 bits per heavy atom. The molecule has 1 aromatic heterocycles. The van der Waals surface area contributed by atoms with E-state index in [9.17, 15) is 4.79 Å². The molecule has 1 amide bonds. The highest BCUT2D eigenvalue weighted by molar-refractivity contribution is 5.87. The maximum Gasteiger partial charge on any atom is 0.292 e. The van der Waals surface area contributed by atoms with E-state index >= 15 is 0 Å². The zero-order chi connectivity index (χ0) is 17.4. The largest absolute Gasteiger partial charge is 0.496 e. The van der Waals surface area contributed by atoms with E-state index in [1.165, 1.54) is 5.56 Å². The van der Waals surface area contributed by atoms with Gasteiger partial charge < -0.3 is 15.0 Å². The van der Waals surface area contributed by atoms with Crippen LogP contribution in [0.15, 0.2) is 48.5 Å². The van der Waals surface area contributed by atoms with Crippen LogP contribution in [0.4, 0.5) is 0 Å². The Morgan fingerprint density at radius 3 is 2.80 bits per heavy atom. The predicted molar refractivity (Wildman–Crippen MR) is 94.9 cm³/mol. The highest BCUT2D eigenvalue weighted by Crippen LogP contribution is 2.34. The van der Waals surface area contributed by atoms with Gasteiger partial charge in [0.15, 0.2) is 12.1 Å². The number of nitrogens with two attached hydrogens (primary N) is 2. The molecule has 1 aliphatic rings. The van der Waals surface area contributed by atoms with Crippen molar-refractivity contribution < 1.29 is 14.8 Å². The quantitative estimate of drug-likeness (QED) is 0.322. The first-order chi connectivity index (χ1) is 12.2. The number of methoxy groups -OCH3 is 1. The molecule has 128 valence electrons. The summed E-state index contributed by atoms with van der Waals surface area (Å²) in [5, 5.41) is 3.21. The second-order valence-electron chi connectivity index (χ2n) is 6.29. The van der Waals surface area contributed by atoms with Gasteiger partial charge in [-0.05, 0) is 23.8 Å². The molecule has 0 saturated heterocycles. The van der Waals surface area contributed by atoms with E-state index in [0.717, 1.165) is 27.9 Å². The average Bonchev–Trinajstić information content (AvgIpc) is 3.05. The van der Waals surface area contributed by atoms with Crippen LogP contribution >= 0.6 is 0 Å². The van der Waals surface area contributed by atoms with Crippen molar-refractivity contribution in [2.24, 2.45) is 5.84 Å². The predicted octanol–water partition coefficient (Wildman–Crippen LogP) is 0.744. The molecule has 1 aliphatic heterocycles. The van der Waals surface area contributed by atoms with Crippen LogP contribution in [0.2, 0.25) is 0 Å². The fourth-order valence-electron chi connectivity index (χ4n) is 3.79. The molecule has 0 radical (unpaired) electrons. The number of rotatable bonds is 3. The number of fused-ring (bicyclic) bond motifs is 3. The number of ether oxygens (including phenoxy) is 1. The number of H-pyrrole nitrogens is 1. The van der Waals surface area contributed by atoms with Crippen LogP contribution in [0.25, 0.3) is 10.9 Å². The van der Waals surface area contributed by atoms with Crippen LogP contribution < -0.4 is 21.3 Å². The third kappa shape index (κ3) is 2.56. The summed E-state index contributed by atoms with van der Waals surface area (Å²) in [7, 11) is 1.66. The molecule has 2 atom stereocenters. The van der Waals surface area contributed by atoms with E-state index in [4.69, 9.17) is 10.6 Å². The maximum atomic E-state index is 12.3. The van der Waals surface area contributed by atoms with E-state index in [-0.39, 0.29) is 18.0 Å². The molecule has 0 bridgehead atoms. The first-order valence-corrected chi connectivity index (χ1v) is 8.30. The van der Waals surface area contributed by atoms with Crippen LogP contribution in [0.5, 0.6) is 5.75 Å². The van der Waals surface area contributed by atoms with Gasteiger partial charge in [-0.1, -0.05) is 30.3 Å². The Bertz CT molecular complexity index is 934. The molecule has 6 heteroatoms. The molecule has 6 nitrogen and oxygen atoms in total. The Balaban J connectivity index is 1.90. The van der Waals surface area contributed by atoms with Crippen molar-refractivity contribution in [3.05, 3.63) is 65.4 Å². The number of benzene rings is 2. The average molecular weight is 337 g/mol. The highest BCUT2D eigenvalue weighted by atomic mass is 16.5. The minimum absolute atomic E-state index is 0.0606. The number of aromatic nitrogens is 1. The molecule has 0 fully saturated rings. The second kappa shape index (κ2) is 6.23. The van der Waals surface area contributed by atoms with Gasteiger partial charge in [0.05, 0.1) is 18.4 Å². The van der Waals surface area contributed by atoms with Gasteiger partial charge in [0.1, 0.15) is 5.75 Å². The van der Waals surface area contributed by atoms with Gasteiger partial charge in [-0.25, -0.2) is 5.84 Å². The first kappa shape index (κ1) is 15.7. The molecule has 0 saturated carbocycles. The number of hydrazine groups is 1. The summed E-state index contributed by atoms with van der Waals surface area (Å²) in [4.78, 5) is 15.8. The fraction of sp³-hybridized carbons (Fsp3) is 0.211. The summed E-state index contributed by atoms with van der Waals surface area (Å²) in [6.45, 7) is 0. The summed E-state index contributed by atoms with van der Waals surface area (Å²) in [6.07, 6.45) is 0.633. The lowest BCUT2D eigenvalue weighted by Crippen LogP contribution is -2.95. The molecule has 2 heterocycles. The monoisotopic (exact) mass is 337 g/mol. The summed E-state index contributed by atoms with van der Waals surface area (Å²) in [5.74, 6) is 6.04. The molecule has 6 N–H and O–H groups in total. The van der Waals surface area contributed by atoms with Crippen molar-refractivity contribution in [1.82, 2.24) is 10.4 Å². The second-order valence-corrected chi connectivity index (χ2v) is 6.29. The maximum absolute atomic E-state index is 12.3. The van der Waals surface area contributed by atoms with Gasteiger partial charge in [-0.15, -0.1) is 0 Å². The van der Waals surface area contributed by atoms with E-state index in [1.807, 2.05) is 36.4 Å². The van der Waals surface area contributed by atoms with Crippen molar-refractivity contribution in [3.8, 4) is 5.75 Å². The molecule has 0 unspecified atom stereocenters. The lowest BCUT2D eigenvalue weighted by Gasteiger charge is -2.28. The number of aromatic amines is 1. The topological polar surface area (TPSA) is 96.8 Å². The van der Waals surface area contributed by atoms with Crippen LogP contribution in [-0.2, 0) is 11.2 Å². The minimum atomic E-state index is -0.286. The van der Waals surface area contributed by atoms with Gasteiger partial charge in [0.2, 0.25) is 0 Å². The molecule has 2 aromatic carbocycles. The number of hydrogen-bond acceptors (Lipinski definition) is 3. The molecule has 3 aromatic rings. The first-order valence-electron chi connectivity index (χ1n) is 8.30. The van der Waals surface area contributed by atoms with E-state index < -0.39 is 0 Å². The van der Waals surface area contributed by atoms with E-state index in [0.29, 0.717) is 6.42 Å². The standard InChI is InChI=1S/C19H20N4O2/c1-25-16-9-5-3-7-12(16)17-18-13(10-15(22-17)19(24)23-20)11-6-2-4-8-14(11)21-18/h2-9,15,17,21-22H,10,20H2,1H3,(H,23,24)/p+1/t15-,17+/m0/s1. The summed E-state index contributed by atoms with van der Waals surface area (Å²) < 4.78 is 5.55. The number of nitrogens with one attached hydrogen (secondary N) is 2. The van der Waals surface area contributed by atoms with Crippen molar-refractivity contribution in [1.29, 1.82) is 0 Å². The van der Waals surface area contributed by atoms with Gasteiger partial charge in [-0.3, -0.25) is 10.2 Å². The van der Waals surface area contributed by atoms with Gasteiger partial charge in [-0.2, -0.15) is 0 Å². The minimum Gasteiger partial charge on any atom is -0.496 e. The smallest absolute Gasteiger partial charge is 0.292 e. The SMILES string of the molecule is COc1ccccc1[C@H]1[NH2+][C@H](C(=O)NN)Cc2c1[nH]c1ccccc21. The fourth-order valence-corrected chi connectivity index (χ4v) is 3.79. The molecule has 25 heavy (non-hydrogen) atoms. The van der Waals surface area contributed by atoms with Crippen LogP contribution in [0.1, 0.15) is 22.9 Å². The number of carbonyl (C=O) groups excluding carboxylic acids is 1. The molecule has 0 aliphatic carbocycles. The number of hydrogen-bond donors (Lipinski definition) is 4. The molecular formula is C19H21N4O2+. The number of quaternary nitrogens is 1. The van der Waals surface area contributed by atoms with Crippen molar-refractivity contribution in [2.75, 3.05) is 7.11 Å². The summed E-state index contributed by atoms with van der Waals surface area (Å²) in [6, 6.07) is 15.7. The summed E-state index contributed by atoms with van der Waals surface area (Å²) >= 11 is 0. The lowest BCUT2D eigenvalue weighted by molar-refractivity contribution is -0.711. The third-order valence-electron chi connectivity index (χ3n) is 4.96. The van der Waals surface area contributed by atoms with Crippen molar-refractivity contribution in [2.45, 2.75) is 18.5 Å². The van der Waals surface area contributed by atoms with Gasteiger partial charge >= 0.3 is 0 Å². The Hall–Kier alpha value is -2.83. The van der Waals surface area contributed by atoms with Gasteiger partial charge in [0, 0.05) is 17.3 Å². The summed E-state index contributed by atoms with van der Waals surface area (Å²) in [5.41, 5.74) is 6.69. The Labute approximate surface area is 145 Å². The molecular weight excluding hydrogens is 316 g/mol. The van der Waals surface area contributed by atoms with Crippen LogP contribution in [0.3, 0.4) is 0 Å². The Kier molecular flexibility index (Phi) is 3.91. The highest BCUT2D eigenvalue weighted by Gasteiger charge is 2.38. The van der Waals surface area contributed by atoms with Crippen molar-refractivity contribution >= 4 is 16.8 Å². The lowest BCUT2D eigenvalue weighted by atomic mass is 9.89. The third-order valence-corrected chi connectivity index (χ3v) is 4.96. The number of para-hydroxylation sites is 2. The molecule has 0 spiro atoms. The zero-order valence-corrected chi connectivity index (χ0v) is 14.0. The normalized spacial score (nSPS) is 19.4. The molecule has 4 rings (SSSR count). The van der Waals surface area contributed by atoms with Crippen LogP contribution in [-0.4, -0.2) is 24.0 Å². The van der Waals surface area contributed by atoms with Crippen molar-refractivity contribution in [3.63, 3.8) is 0 Å². The number of carbonyl (C=O) groups is 1.